The minimum absolute atomic E-state index is 0.0114. The number of carbonyl (C=O) groups excluding carboxylic acids is 1. The van der Waals surface area contributed by atoms with Crippen LogP contribution in [0.1, 0.15) is 48.5 Å². The predicted octanol–water partition coefficient (Wildman–Crippen LogP) is 4.52. The Bertz CT molecular complexity index is 1090. The molecule has 2 N–H and O–H groups in total. The molecule has 32 heavy (non-hydrogen) atoms. The average molecular weight is 433 g/mol. The van der Waals surface area contributed by atoms with E-state index in [4.69, 9.17) is 4.98 Å². The van der Waals surface area contributed by atoms with E-state index in [1.165, 1.54) is 12.8 Å². The van der Waals surface area contributed by atoms with E-state index in [0.29, 0.717) is 11.6 Å². The van der Waals surface area contributed by atoms with E-state index in [1.54, 1.807) is 13.1 Å². The fourth-order valence-corrected chi connectivity index (χ4v) is 4.63. The van der Waals surface area contributed by atoms with Gasteiger partial charge >= 0.3 is 0 Å². The molecule has 2 aromatic heterocycles. The molecule has 3 aromatic rings. The molecule has 0 radical (unpaired) electrons. The number of carbonyl (C=O) groups is 1. The highest BCUT2D eigenvalue weighted by atomic mass is 16.3. The second-order valence-corrected chi connectivity index (χ2v) is 9.15. The third kappa shape index (κ3) is 4.97. The van der Waals surface area contributed by atoms with E-state index < -0.39 is 0 Å². The molecule has 168 valence electrons. The molecule has 0 saturated heterocycles. The lowest BCUT2D eigenvalue weighted by atomic mass is 9.85. The summed E-state index contributed by atoms with van der Waals surface area (Å²) in [6.07, 6.45) is 6.21. The molecule has 1 aromatic carbocycles. The van der Waals surface area contributed by atoms with Crippen molar-refractivity contribution in [3.8, 4) is 11.3 Å². The lowest BCUT2D eigenvalue weighted by Crippen LogP contribution is -2.31. The number of aliphatic hydroxyl groups is 1. The maximum Gasteiger partial charge on any atom is 0.163 e. The molecule has 0 spiro atoms. The van der Waals surface area contributed by atoms with Crippen LogP contribution < -0.4 is 5.32 Å². The van der Waals surface area contributed by atoms with Crippen molar-refractivity contribution in [2.45, 2.75) is 45.3 Å². The van der Waals surface area contributed by atoms with Crippen LogP contribution in [-0.4, -0.2) is 52.4 Å². The Labute approximate surface area is 189 Å². The molecule has 1 aliphatic rings. The largest absolute Gasteiger partial charge is 0.392 e. The summed E-state index contributed by atoms with van der Waals surface area (Å²) in [5, 5.41) is 13.0. The molecule has 1 aliphatic carbocycles. The Morgan fingerprint density at radius 3 is 2.44 bits per heavy atom. The standard InChI is InChI=1S/C26H32N4O2/c1-17(32)22-14-27-24-13-12-23(20-8-4-19(16-31)5-9-20)29-26(24)25(22)28-21-10-6-18(7-11-21)15-30(2)3/h4-5,8-9,12-14,18,21,31H,6-7,10-11,15-16H2,1-3H3,(H,27,28)/t18-,21-. The van der Waals surface area contributed by atoms with E-state index in [1.807, 2.05) is 36.4 Å². The Morgan fingerprint density at radius 1 is 1.09 bits per heavy atom. The molecule has 0 bridgehead atoms. The molecule has 1 fully saturated rings. The molecular formula is C26H32N4O2. The van der Waals surface area contributed by atoms with Crippen molar-refractivity contribution in [3.05, 3.63) is 53.7 Å². The van der Waals surface area contributed by atoms with Crippen LogP contribution in [-0.2, 0) is 6.61 Å². The van der Waals surface area contributed by atoms with Crippen LogP contribution >= 0.6 is 0 Å². The van der Waals surface area contributed by atoms with Gasteiger partial charge in [0.25, 0.3) is 0 Å². The number of nitrogens with zero attached hydrogens (tertiary/aromatic N) is 3. The van der Waals surface area contributed by atoms with Crippen LogP contribution in [0.25, 0.3) is 22.3 Å². The third-order valence-electron chi connectivity index (χ3n) is 6.34. The van der Waals surface area contributed by atoms with Crippen molar-refractivity contribution in [1.82, 2.24) is 14.9 Å². The highest BCUT2D eigenvalue weighted by Gasteiger charge is 2.24. The van der Waals surface area contributed by atoms with Crippen molar-refractivity contribution < 1.29 is 9.90 Å². The van der Waals surface area contributed by atoms with Crippen LogP contribution in [0, 0.1) is 5.92 Å². The van der Waals surface area contributed by atoms with Gasteiger partial charge in [-0.15, -0.1) is 0 Å². The minimum atomic E-state index is -0.0114. The number of nitrogens with one attached hydrogen (secondary N) is 1. The van der Waals surface area contributed by atoms with Gasteiger partial charge in [-0.3, -0.25) is 9.78 Å². The molecule has 6 heteroatoms. The van der Waals surface area contributed by atoms with Gasteiger partial charge in [-0.2, -0.15) is 0 Å². The van der Waals surface area contributed by atoms with Gasteiger partial charge in [0, 0.05) is 24.3 Å². The topological polar surface area (TPSA) is 78.3 Å². The van der Waals surface area contributed by atoms with Crippen LogP contribution in [0.5, 0.6) is 0 Å². The number of ketones is 1. The van der Waals surface area contributed by atoms with Crippen molar-refractivity contribution in [2.24, 2.45) is 5.92 Å². The number of anilines is 1. The summed E-state index contributed by atoms with van der Waals surface area (Å²) in [6, 6.07) is 12.0. The van der Waals surface area contributed by atoms with Gasteiger partial charge in [-0.1, -0.05) is 24.3 Å². The van der Waals surface area contributed by atoms with Gasteiger partial charge in [0.1, 0.15) is 5.52 Å². The fraction of sp³-hybridized carbons (Fsp3) is 0.423. The Balaban J connectivity index is 1.66. The number of benzene rings is 1. The smallest absolute Gasteiger partial charge is 0.163 e. The first kappa shape index (κ1) is 22.4. The quantitative estimate of drug-likeness (QED) is 0.534. The van der Waals surface area contributed by atoms with E-state index in [0.717, 1.165) is 58.8 Å². The summed E-state index contributed by atoms with van der Waals surface area (Å²) < 4.78 is 0. The van der Waals surface area contributed by atoms with Gasteiger partial charge in [-0.05, 0) is 70.3 Å². The van der Waals surface area contributed by atoms with Crippen molar-refractivity contribution in [1.29, 1.82) is 0 Å². The Hall–Kier alpha value is -2.83. The van der Waals surface area contributed by atoms with Crippen LogP contribution in [0.2, 0.25) is 0 Å². The number of aliphatic hydroxyl groups excluding tert-OH is 1. The number of fused-ring (bicyclic) bond motifs is 1. The van der Waals surface area contributed by atoms with Gasteiger partial charge < -0.3 is 15.3 Å². The summed E-state index contributed by atoms with van der Waals surface area (Å²) in [4.78, 5) is 24.1. The molecule has 2 heterocycles. The third-order valence-corrected chi connectivity index (χ3v) is 6.34. The molecule has 0 atom stereocenters. The monoisotopic (exact) mass is 432 g/mol. The minimum Gasteiger partial charge on any atom is -0.392 e. The van der Waals surface area contributed by atoms with E-state index in [9.17, 15) is 9.90 Å². The van der Waals surface area contributed by atoms with Crippen LogP contribution in [0.3, 0.4) is 0 Å². The number of aromatic nitrogens is 2. The zero-order chi connectivity index (χ0) is 22.7. The lowest BCUT2D eigenvalue weighted by Gasteiger charge is -2.31. The van der Waals surface area contributed by atoms with E-state index in [2.05, 4.69) is 29.3 Å². The van der Waals surface area contributed by atoms with Gasteiger partial charge in [0.05, 0.1) is 29.1 Å². The summed E-state index contributed by atoms with van der Waals surface area (Å²) >= 11 is 0. The van der Waals surface area contributed by atoms with Crippen molar-refractivity contribution in [2.75, 3.05) is 26.0 Å². The Morgan fingerprint density at radius 2 is 1.81 bits per heavy atom. The maximum absolute atomic E-state index is 12.4. The normalized spacial score (nSPS) is 18.8. The summed E-state index contributed by atoms with van der Waals surface area (Å²) in [7, 11) is 4.26. The first-order valence-electron chi connectivity index (χ1n) is 11.4. The van der Waals surface area contributed by atoms with Gasteiger partial charge in [0.15, 0.2) is 5.78 Å². The van der Waals surface area contributed by atoms with E-state index >= 15 is 0 Å². The molecular weight excluding hydrogens is 400 g/mol. The Kier molecular flexibility index (Phi) is 6.82. The number of rotatable bonds is 7. The second-order valence-electron chi connectivity index (χ2n) is 9.15. The van der Waals surface area contributed by atoms with Crippen molar-refractivity contribution >= 4 is 22.5 Å². The molecule has 6 nitrogen and oxygen atoms in total. The fourth-order valence-electron chi connectivity index (χ4n) is 4.63. The van der Waals surface area contributed by atoms with Crippen molar-refractivity contribution in [3.63, 3.8) is 0 Å². The first-order valence-corrected chi connectivity index (χ1v) is 11.4. The zero-order valence-electron chi connectivity index (χ0n) is 19.1. The molecule has 0 aliphatic heterocycles. The molecule has 0 amide bonds. The first-order chi connectivity index (χ1) is 15.4. The van der Waals surface area contributed by atoms with Crippen LogP contribution in [0.4, 0.5) is 5.69 Å². The summed E-state index contributed by atoms with van der Waals surface area (Å²) in [5.41, 5.74) is 5.55. The number of pyridine rings is 2. The summed E-state index contributed by atoms with van der Waals surface area (Å²) in [5.74, 6) is 0.721. The number of Topliss-reactive ketones (excluding diaryl/α,β-unsaturated/α-hetero) is 1. The molecule has 0 unspecified atom stereocenters. The average Bonchev–Trinajstić information content (AvgIpc) is 2.79. The van der Waals surface area contributed by atoms with Gasteiger partial charge in [-0.25, -0.2) is 4.98 Å². The maximum atomic E-state index is 12.4. The molecule has 1 saturated carbocycles. The van der Waals surface area contributed by atoms with Crippen LogP contribution in [0.15, 0.2) is 42.6 Å². The van der Waals surface area contributed by atoms with Gasteiger partial charge in [0.2, 0.25) is 0 Å². The lowest BCUT2D eigenvalue weighted by molar-refractivity contribution is 0.101. The highest BCUT2D eigenvalue weighted by molar-refractivity contribution is 6.06. The summed E-state index contributed by atoms with van der Waals surface area (Å²) in [6.45, 7) is 2.73. The molecule has 4 rings (SSSR count). The number of hydrogen-bond acceptors (Lipinski definition) is 6. The predicted molar refractivity (Wildman–Crippen MR) is 129 cm³/mol. The SMILES string of the molecule is CC(=O)c1cnc2ccc(-c3ccc(CO)cc3)nc2c1N[C@H]1CC[C@H](CN(C)C)CC1. The number of hydrogen-bond donors (Lipinski definition) is 2. The highest BCUT2D eigenvalue weighted by Crippen LogP contribution is 2.32. The van der Waals surface area contributed by atoms with E-state index in [-0.39, 0.29) is 12.4 Å². The zero-order valence-corrected chi connectivity index (χ0v) is 19.1. The second kappa shape index (κ2) is 9.76.